The van der Waals surface area contributed by atoms with E-state index in [1.165, 1.54) is 6.20 Å². The van der Waals surface area contributed by atoms with Crippen LogP contribution >= 0.6 is 15.9 Å². The molecule has 0 atom stereocenters. The number of nitrogens with one attached hydrogen (secondary N) is 1. The van der Waals surface area contributed by atoms with Crippen molar-refractivity contribution >= 4 is 27.6 Å². The van der Waals surface area contributed by atoms with Crippen LogP contribution in [0.3, 0.4) is 0 Å². The van der Waals surface area contributed by atoms with Crippen LogP contribution in [0.15, 0.2) is 47.1 Å². The summed E-state index contributed by atoms with van der Waals surface area (Å²) in [6.45, 7) is 0.557. The fourth-order valence-corrected chi connectivity index (χ4v) is 1.68. The molecule has 0 saturated heterocycles. The number of carboxylic acids is 1. The van der Waals surface area contributed by atoms with Gasteiger partial charge in [-0.3, -0.25) is 4.98 Å². The van der Waals surface area contributed by atoms with Crippen LogP contribution < -0.4 is 5.32 Å². The fourth-order valence-electron chi connectivity index (χ4n) is 1.42. The van der Waals surface area contributed by atoms with Crippen LogP contribution in [0.5, 0.6) is 0 Å². The molecule has 4 nitrogen and oxygen atoms in total. The Bertz CT molecular complexity index is 538. The molecule has 1 aromatic carbocycles. The smallest absolute Gasteiger partial charge is 0.337 e. The van der Waals surface area contributed by atoms with Crippen LogP contribution in [-0.2, 0) is 6.54 Å². The molecule has 18 heavy (non-hydrogen) atoms. The average Bonchev–Trinajstić information content (AvgIpc) is 2.38. The minimum Gasteiger partial charge on any atom is -0.478 e. The zero-order chi connectivity index (χ0) is 13.0. The third-order valence-corrected chi connectivity index (χ3v) is 2.92. The highest BCUT2D eigenvalue weighted by Gasteiger charge is 2.02. The number of halogens is 1. The van der Waals surface area contributed by atoms with Gasteiger partial charge in [-0.25, -0.2) is 4.79 Å². The Labute approximate surface area is 113 Å². The van der Waals surface area contributed by atoms with E-state index in [0.29, 0.717) is 6.54 Å². The molecule has 0 fully saturated rings. The SMILES string of the molecule is O=C(O)c1ccc(CNc2ccc(Br)cc2)nc1. The molecule has 1 aromatic heterocycles. The van der Waals surface area contributed by atoms with Crippen molar-refractivity contribution in [3.8, 4) is 0 Å². The van der Waals surface area contributed by atoms with Crippen LogP contribution in [0, 0.1) is 0 Å². The summed E-state index contributed by atoms with van der Waals surface area (Å²) in [6.07, 6.45) is 1.36. The van der Waals surface area contributed by atoms with Gasteiger partial charge in [-0.15, -0.1) is 0 Å². The van der Waals surface area contributed by atoms with Gasteiger partial charge in [-0.2, -0.15) is 0 Å². The second kappa shape index (κ2) is 5.64. The number of carboxylic acid groups (broad SMARTS) is 1. The summed E-state index contributed by atoms with van der Waals surface area (Å²) in [6, 6.07) is 11.1. The van der Waals surface area contributed by atoms with Gasteiger partial charge in [0.2, 0.25) is 0 Å². The molecule has 2 aromatic rings. The van der Waals surface area contributed by atoms with E-state index in [1.807, 2.05) is 24.3 Å². The van der Waals surface area contributed by atoms with Crippen molar-refractivity contribution in [2.24, 2.45) is 0 Å². The molecule has 0 saturated carbocycles. The molecule has 0 bridgehead atoms. The lowest BCUT2D eigenvalue weighted by Crippen LogP contribution is -2.03. The van der Waals surface area contributed by atoms with Gasteiger partial charge in [0.25, 0.3) is 0 Å². The van der Waals surface area contributed by atoms with Gasteiger partial charge in [0.05, 0.1) is 17.8 Å². The number of aromatic nitrogens is 1. The fraction of sp³-hybridized carbons (Fsp3) is 0.0769. The molecule has 2 rings (SSSR count). The second-order valence-electron chi connectivity index (χ2n) is 3.70. The Kier molecular flexibility index (Phi) is 3.94. The lowest BCUT2D eigenvalue weighted by molar-refractivity contribution is 0.0696. The van der Waals surface area contributed by atoms with Crippen molar-refractivity contribution < 1.29 is 9.90 Å². The number of anilines is 1. The van der Waals surface area contributed by atoms with E-state index in [0.717, 1.165) is 15.9 Å². The molecule has 5 heteroatoms. The maximum absolute atomic E-state index is 10.7. The summed E-state index contributed by atoms with van der Waals surface area (Å²) in [7, 11) is 0. The quantitative estimate of drug-likeness (QED) is 0.911. The lowest BCUT2D eigenvalue weighted by atomic mass is 10.2. The van der Waals surface area contributed by atoms with Crippen LogP contribution in [0.2, 0.25) is 0 Å². The standard InChI is InChI=1S/C13H11BrN2O2/c14-10-2-5-11(6-3-10)16-8-12-4-1-9(7-15-12)13(17)18/h1-7,16H,8H2,(H,17,18). The average molecular weight is 307 g/mol. The third-order valence-electron chi connectivity index (χ3n) is 2.39. The molecule has 0 aliphatic heterocycles. The van der Waals surface area contributed by atoms with Crippen LogP contribution in [0.25, 0.3) is 0 Å². The van der Waals surface area contributed by atoms with Crippen LogP contribution in [0.4, 0.5) is 5.69 Å². The molecule has 0 aliphatic rings. The van der Waals surface area contributed by atoms with Gasteiger partial charge in [0, 0.05) is 16.4 Å². The number of carbonyl (C=O) groups is 1. The highest BCUT2D eigenvalue weighted by molar-refractivity contribution is 9.10. The monoisotopic (exact) mass is 306 g/mol. The van der Waals surface area contributed by atoms with Crippen molar-refractivity contribution in [3.63, 3.8) is 0 Å². The Hall–Kier alpha value is -1.88. The van der Waals surface area contributed by atoms with Crippen molar-refractivity contribution in [1.82, 2.24) is 4.98 Å². The summed E-state index contributed by atoms with van der Waals surface area (Å²) in [5.41, 5.74) is 1.98. The first kappa shape index (κ1) is 12.6. The summed E-state index contributed by atoms with van der Waals surface area (Å²) in [4.78, 5) is 14.7. The predicted octanol–water partition coefficient (Wildman–Crippen LogP) is 3.15. The lowest BCUT2D eigenvalue weighted by Gasteiger charge is -2.06. The van der Waals surface area contributed by atoms with E-state index in [9.17, 15) is 4.79 Å². The number of hydrogen-bond donors (Lipinski definition) is 2. The first-order valence-electron chi connectivity index (χ1n) is 5.33. The highest BCUT2D eigenvalue weighted by Crippen LogP contribution is 2.14. The Morgan fingerprint density at radius 3 is 2.50 bits per heavy atom. The van der Waals surface area contributed by atoms with Crippen LogP contribution in [-0.4, -0.2) is 16.1 Å². The largest absolute Gasteiger partial charge is 0.478 e. The number of nitrogens with zero attached hydrogens (tertiary/aromatic N) is 1. The summed E-state index contributed by atoms with van der Waals surface area (Å²) >= 11 is 3.37. The molecule has 0 radical (unpaired) electrons. The number of rotatable bonds is 4. The topological polar surface area (TPSA) is 62.2 Å². The molecular formula is C13H11BrN2O2. The van der Waals surface area contributed by atoms with Gasteiger partial charge in [-0.1, -0.05) is 15.9 Å². The van der Waals surface area contributed by atoms with Crippen molar-refractivity contribution in [1.29, 1.82) is 0 Å². The van der Waals surface area contributed by atoms with E-state index in [-0.39, 0.29) is 5.56 Å². The third kappa shape index (κ3) is 3.30. The molecule has 0 unspecified atom stereocenters. The first-order valence-corrected chi connectivity index (χ1v) is 6.12. The number of hydrogen-bond acceptors (Lipinski definition) is 3. The Morgan fingerprint density at radius 1 is 1.22 bits per heavy atom. The zero-order valence-corrected chi connectivity index (χ0v) is 11.0. The minimum atomic E-state index is -0.963. The highest BCUT2D eigenvalue weighted by atomic mass is 79.9. The van der Waals surface area contributed by atoms with Gasteiger partial charge in [0.15, 0.2) is 0 Å². The van der Waals surface area contributed by atoms with E-state index >= 15 is 0 Å². The Morgan fingerprint density at radius 2 is 1.94 bits per heavy atom. The zero-order valence-electron chi connectivity index (χ0n) is 9.43. The second-order valence-corrected chi connectivity index (χ2v) is 4.62. The molecule has 0 amide bonds. The van der Waals surface area contributed by atoms with E-state index in [2.05, 4.69) is 26.2 Å². The van der Waals surface area contributed by atoms with E-state index in [1.54, 1.807) is 12.1 Å². The van der Waals surface area contributed by atoms with Crippen molar-refractivity contribution in [3.05, 3.63) is 58.3 Å². The number of benzene rings is 1. The minimum absolute atomic E-state index is 0.197. The molecular weight excluding hydrogens is 296 g/mol. The van der Waals surface area contributed by atoms with Crippen molar-refractivity contribution in [2.75, 3.05) is 5.32 Å². The van der Waals surface area contributed by atoms with Crippen molar-refractivity contribution in [2.45, 2.75) is 6.54 Å². The summed E-state index contributed by atoms with van der Waals surface area (Å²) in [5, 5.41) is 12.0. The number of pyridine rings is 1. The first-order chi connectivity index (χ1) is 8.65. The van der Waals surface area contributed by atoms with E-state index < -0.39 is 5.97 Å². The molecule has 0 spiro atoms. The Balaban J connectivity index is 1.97. The summed E-state index contributed by atoms with van der Waals surface area (Å²) in [5.74, 6) is -0.963. The van der Waals surface area contributed by atoms with Gasteiger partial charge in [-0.05, 0) is 36.4 Å². The molecule has 0 aliphatic carbocycles. The van der Waals surface area contributed by atoms with Gasteiger partial charge in [0.1, 0.15) is 0 Å². The maximum atomic E-state index is 10.7. The maximum Gasteiger partial charge on any atom is 0.337 e. The van der Waals surface area contributed by atoms with Gasteiger partial charge >= 0.3 is 5.97 Å². The molecule has 92 valence electrons. The number of aromatic carboxylic acids is 1. The molecule has 1 heterocycles. The predicted molar refractivity (Wildman–Crippen MR) is 72.7 cm³/mol. The molecule has 2 N–H and O–H groups in total. The summed E-state index contributed by atoms with van der Waals surface area (Å²) < 4.78 is 1.02. The normalized spacial score (nSPS) is 10.1. The van der Waals surface area contributed by atoms with Crippen LogP contribution in [0.1, 0.15) is 16.1 Å². The van der Waals surface area contributed by atoms with Gasteiger partial charge < -0.3 is 10.4 Å². The van der Waals surface area contributed by atoms with E-state index in [4.69, 9.17) is 5.11 Å².